The maximum Gasteiger partial charge on any atom is 0.341 e. The number of nitrogens with one attached hydrogen (secondary N) is 2. The van der Waals surface area contributed by atoms with E-state index in [0.29, 0.717) is 32.5 Å². The van der Waals surface area contributed by atoms with Crippen molar-refractivity contribution in [3.63, 3.8) is 0 Å². The van der Waals surface area contributed by atoms with Gasteiger partial charge in [0.15, 0.2) is 0 Å². The number of halogens is 2. The third-order valence-corrected chi connectivity index (χ3v) is 4.19. The third-order valence-electron chi connectivity index (χ3n) is 3.45. The van der Waals surface area contributed by atoms with E-state index >= 15 is 0 Å². The zero-order valence-electron chi connectivity index (χ0n) is 13.6. The average molecular weight is 393 g/mol. The van der Waals surface area contributed by atoms with Gasteiger partial charge in [0.1, 0.15) is 5.56 Å². The number of carbonyl (C=O) groups excluding carboxylic acids is 2. The van der Waals surface area contributed by atoms with Crippen LogP contribution in [-0.2, 0) is 4.74 Å². The summed E-state index contributed by atoms with van der Waals surface area (Å²) < 4.78 is 6.52. The van der Waals surface area contributed by atoms with Crippen LogP contribution in [0.1, 0.15) is 17.3 Å². The summed E-state index contributed by atoms with van der Waals surface area (Å²) >= 11 is 11.8. The Morgan fingerprint density at radius 1 is 1.12 bits per heavy atom. The molecular weight excluding hydrogens is 379 g/mol. The van der Waals surface area contributed by atoms with Gasteiger partial charge in [0.25, 0.3) is 0 Å². The Morgan fingerprint density at radius 3 is 2.54 bits per heavy atom. The van der Waals surface area contributed by atoms with Crippen LogP contribution < -0.4 is 10.6 Å². The number of amides is 2. The molecule has 3 aromatic rings. The number of pyridine rings is 1. The summed E-state index contributed by atoms with van der Waals surface area (Å²) in [6.07, 6.45) is 3.06. The summed E-state index contributed by atoms with van der Waals surface area (Å²) in [5.74, 6) is -0.472. The van der Waals surface area contributed by atoms with Crippen LogP contribution in [0, 0.1) is 0 Å². The number of carbonyl (C=O) groups is 2. The fourth-order valence-electron chi connectivity index (χ4n) is 2.29. The van der Waals surface area contributed by atoms with Crippen molar-refractivity contribution in [3.8, 4) is 0 Å². The number of hydrogen-bond donors (Lipinski definition) is 2. The van der Waals surface area contributed by atoms with Gasteiger partial charge in [-0.1, -0.05) is 23.2 Å². The second kappa shape index (κ2) is 7.63. The summed E-state index contributed by atoms with van der Waals surface area (Å²) in [4.78, 5) is 24.1. The Labute approximate surface area is 158 Å². The van der Waals surface area contributed by atoms with Gasteiger partial charge < -0.3 is 15.4 Å². The first-order chi connectivity index (χ1) is 12.5. The minimum absolute atomic E-state index is 0.264. The molecule has 2 heterocycles. The molecule has 0 bridgehead atoms. The van der Waals surface area contributed by atoms with Crippen molar-refractivity contribution in [2.24, 2.45) is 0 Å². The zero-order valence-corrected chi connectivity index (χ0v) is 15.1. The number of esters is 1. The zero-order chi connectivity index (χ0) is 18.7. The van der Waals surface area contributed by atoms with Crippen molar-refractivity contribution in [2.45, 2.75) is 6.92 Å². The van der Waals surface area contributed by atoms with Gasteiger partial charge in [-0.15, -0.1) is 0 Å². The Hall–Kier alpha value is -2.77. The van der Waals surface area contributed by atoms with E-state index < -0.39 is 12.0 Å². The van der Waals surface area contributed by atoms with Crippen LogP contribution in [0.15, 0.2) is 42.7 Å². The molecule has 0 fully saturated rings. The summed E-state index contributed by atoms with van der Waals surface area (Å²) in [6.45, 7) is 1.99. The summed E-state index contributed by atoms with van der Waals surface area (Å²) in [6, 6.07) is 7.58. The topological polar surface area (TPSA) is 84.7 Å². The lowest BCUT2D eigenvalue weighted by Gasteiger charge is -2.09. The van der Waals surface area contributed by atoms with Gasteiger partial charge in [-0.3, -0.25) is 0 Å². The van der Waals surface area contributed by atoms with Crippen molar-refractivity contribution in [3.05, 3.63) is 58.3 Å². The highest BCUT2D eigenvalue weighted by atomic mass is 35.5. The van der Waals surface area contributed by atoms with E-state index in [2.05, 4.69) is 15.7 Å². The maximum absolute atomic E-state index is 12.2. The molecule has 2 amide bonds. The molecule has 0 radical (unpaired) electrons. The normalized spacial score (nSPS) is 10.6. The molecular formula is C17H14Cl2N4O3. The van der Waals surface area contributed by atoms with Gasteiger partial charge in [-0.25, -0.2) is 14.1 Å². The Morgan fingerprint density at radius 2 is 1.85 bits per heavy atom. The molecule has 2 aromatic heterocycles. The molecule has 0 unspecified atom stereocenters. The number of aromatic nitrogens is 2. The van der Waals surface area contributed by atoms with Crippen molar-refractivity contribution in [1.29, 1.82) is 0 Å². The quantitative estimate of drug-likeness (QED) is 0.641. The van der Waals surface area contributed by atoms with Crippen molar-refractivity contribution >= 4 is 52.1 Å². The number of fused-ring (bicyclic) bond motifs is 1. The largest absolute Gasteiger partial charge is 0.462 e. The molecule has 26 heavy (non-hydrogen) atoms. The molecule has 2 N–H and O–H groups in total. The molecule has 0 saturated heterocycles. The van der Waals surface area contributed by atoms with E-state index in [4.69, 9.17) is 27.9 Å². The van der Waals surface area contributed by atoms with Gasteiger partial charge in [0.2, 0.25) is 0 Å². The van der Waals surface area contributed by atoms with Crippen molar-refractivity contribution in [2.75, 3.05) is 17.2 Å². The van der Waals surface area contributed by atoms with E-state index in [1.54, 1.807) is 43.5 Å². The summed E-state index contributed by atoms with van der Waals surface area (Å²) in [5, 5.41) is 10.2. The van der Waals surface area contributed by atoms with Crippen molar-refractivity contribution in [1.82, 2.24) is 9.61 Å². The summed E-state index contributed by atoms with van der Waals surface area (Å²) in [5.41, 5.74) is 1.83. The number of nitrogens with zero attached hydrogens (tertiary/aromatic N) is 2. The lowest BCUT2D eigenvalue weighted by molar-refractivity contribution is 0.0528. The molecule has 0 saturated carbocycles. The first-order valence-corrected chi connectivity index (χ1v) is 8.41. The second-order valence-electron chi connectivity index (χ2n) is 5.23. The molecule has 7 nitrogen and oxygen atoms in total. The van der Waals surface area contributed by atoms with Crippen LogP contribution in [0.5, 0.6) is 0 Å². The molecule has 9 heteroatoms. The number of anilines is 2. The van der Waals surface area contributed by atoms with Crippen molar-refractivity contribution < 1.29 is 14.3 Å². The standard InChI is InChI=1S/C17H14Cl2N4O3/c1-2-26-16(24)12-9-20-23-6-5-11(8-15(12)23)22-17(25)21-10-3-4-13(18)14(19)7-10/h3-9H,2H2,1H3,(H2,21,22,25). The van der Waals surface area contributed by atoms with E-state index in [-0.39, 0.29) is 6.61 Å². The predicted molar refractivity (Wildman–Crippen MR) is 100 cm³/mol. The highest BCUT2D eigenvalue weighted by Gasteiger charge is 2.14. The lowest BCUT2D eigenvalue weighted by atomic mass is 10.2. The summed E-state index contributed by atoms with van der Waals surface area (Å²) in [7, 11) is 0. The molecule has 0 aliphatic heterocycles. The first-order valence-electron chi connectivity index (χ1n) is 7.65. The van der Waals surface area contributed by atoms with Crippen LogP contribution >= 0.6 is 23.2 Å². The van der Waals surface area contributed by atoms with E-state index in [0.717, 1.165) is 0 Å². The lowest BCUT2D eigenvalue weighted by Crippen LogP contribution is -2.19. The van der Waals surface area contributed by atoms with Gasteiger partial charge in [0, 0.05) is 17.6 Å². The molecule has 0 spiro atoms. The third kappa shape index (κ3) is 3.89. The average Bonchev–Trinajstić information content (AvgIpc) is 3.01. The maximum atomic E-state index is 12.2. The van der Waals surface area contributed by atoms with Gasteiger partial charge >= 0.3 is 12.0 Å². The number of ether oxygens (including phenoxy) is 1. The van der Waals surface area contributed by atoms with E-state index in [9.17, 15) is 9.59 Å². The Kier molecular flexibility index (Phi) is 5.29. The molecule has 1 aromatic carbocycles. The fraction of sp³-hybridized carbons (Fsp3) is 0.118. The minimum Gasteiger partial charge on any atom is -0.462 e. The highest BCUT2D eigenvalue weighted by molar-refractivity contribution is 6.42. The molecule has 134 valence electrons. The second-order valence-corrected chi connectivity index (χ2v) is 6.05. The highest BCUT2D eigenvalue weighted by Crippen LogP contribution is 2.25. The molecule has 3 rings (SSSR count). The van der Waals surface area contributed by atoms with Gasteiger partial charge in [-0.05, 0) is 37.3 Å². The molecule has 0 aliphatic carbocycles. The van der Waals surface area contributed by atoms with Crippen LogP contribution in [0.2, 0.25) is 10.0 Å². The molecule has 0 aliphatic rings. The predicted octanol–water partition coefficient (Wildman–Crippen LogP) is 4.46. The van der Waals surface area contributed by atoms with Crippen LogP contribution in [0.3, 0.4) is 0 Å². The van der Waals surface area contributed by atoms with Crippen LogP contribution in [0.25, 0.3) is 5.52 Å². The van der Waals surface area contributed by atoms with Gasteiger partial charge in [0.05, 0.1) is 28.4 Å². The van der Waals surface area contributed by atoms with Gasteiger partial charge in [-0.2, -0.15) is 5.10 Å². The Balaban J connectivity index is 1.77. The monoisotopic (exact) mass is 392 g/mol. The smallest absolute Gasteiger partial charge is 0.341 e. The first kappa shape index (κ1) is 18.0. The van der Waals surface area contributed by atoms with E-state index in [1.165, 1.54) is 10.7 Å². The number of hydrogen-bond acceptors (Lipinski definition) is 4. The fourth-order valence-corrected chi connectivity index (χ4v) is 2.59. The van der Waals surface area contributed by atoms with Crippen LogP contribution in [0.4, 0.5) is 16.2 Å². The van der Waals surface area contributed by atoms with E-state index in [1.807, 2.05) is 0 Å². The number of benzene rings is 1. The SMILES string of the molecule is CCOC(=O)c1cnn2ccc(NC(=O)Nc3ccc(Cl)c(Cl)c3)cc12. The molecule has 0 atom stereocenters. The Bertz CT molecular complexity index is 987. The van der Waals surface area contributed by atoms with Crippen LogP contribution in [-0.4, -0.2) is 28.2 Å². The number of rotatable bonds is 4. The number of urea groups is 1. The minimum atomic E-state index is -0.472.